The molecule has 102 valence electrons. The Kier molecular flexibility index (Phi) is 4.40. The first-order chi connectivity index (χ1) is 9.19. The number of nitrogens with zero attached hydrogens (tertiary/aromatic N) is 2. The zero-order valence-electron chi connectivity index (χ0n) is 11.1. The Bertz CT molecular complexity index is 513. The fourth-order valence-electron chi connectivity index (χ4n) is 2.01. The summed E-state index contributed by atoms with van der Waals surface area (Å²) < 4.78 is 10.3. The van der Waals surface area contributed by atoms with Crippen LogP contribution in [0.15, 0.2) is 0 Å². The van der Waals surface area contributed by atoms with Crippen molar-refractivity contribution < 1.29 is 14.3 Å². The van der Waals surface area contributed by atoms with E-state index in [0.717, 1.165) is 18.1 Å². The quantitative estimate of drug-likeness (QED) is 0.792. The van der Waals surface area contributed by atoms with Gasteiger partial charge in [0.05, 0.1) is 25.4 Å². The molecule has 2 rings (SSSR count). The van der Waals surface area contributed by atoms with Crippen LogP contribution in [0.3, 0.4) is 0 Å². The normalized spacial score (nSPS) is 15.1. The van der Waals surface area contributed by atoms with Crippen LogP contribution in [0.4, 0.5) is 5.00 Å². The molecule has 0 atom stereocenters. The van der Waals surface area contributed by atoms with E-state index in [0.29, 0.717) is 35.8 Å². The lowest BCUT2D eigenvalue weighted by atomic mass is 10.1. The van der Waals surface area contributed by atoms with E-state index in [1.807, 2.05) is 0 Å². The zero-order chi connectivity index (χ0) is 13.8. The van der Waals surface area contributed by atoms with Crippen LogP contribution in [-0.4, -0.2) is 38.9 Å². The van der Waals surface area contributed by atoms with E-state index < -0.39 is 0 Å². The molecule has 0 spiro atoms. The van der Waals surface area contributed by atoms with Gasteiger partial charge < -0.3 is 14.4 Å². The molecular formula is C13H16N2O3S. The molecule has 0 N–H and O–H groups in total. The van der Waals surface area contributed by atoms with Crippen LogP contribution in [0.1, 0.15) is 27.7 Å². The van der Waals surface area contributed by atoms with Crippen LogP contribution in [0.2, 0.25) is 0 Å². The summed E-state index contributed by atoms with van der Waals surface area (Å²) in [5.41, 5.74) is 1.29. The van der Waals surface area contributed by atoms with Gasteiger partial charge in [0.2, 0.25) is 0 Å². The SMILES string of the molecule is CCOC(=O)c1sc(N2CCOCC2)c(C#N)c1C. The van der Waals surface area contributed by atoms with E-state index in [-0.39, 0.29) is 5.97 Å². The first-order valence-electron chi connectivity index (χ1n) is 6.22. The van der Waals surface area contributed by atoms with Crippen molar-refractivity contribution in [2.45, 2.75) is 13.8 Å². The number of esters is 1. The Morgan fingerprint density at radius 2 is 2.21 bits per heavy atom. The van der Waals surface area contributed by atoms with Gasteiger partial charge in [-0.1, -0.05) is 0 Å². The molecule has 1 aliphatic heterocycles. The minimum absolute atomic E-state index is 0.338. The van der Waals surface area contributed by atoms with Crippen molar-refractivity contribution in [3.8, 4) is 6.07 Å². The van der Waals surface area contributed by atoms with E-state index in [1.54, 1.807) is 13.8 Å². The summed E-state index contributed by atoms with van der Waals surface area (Å²) in [5, 5.41) is 10.2. The fraction of sp³-hybridized carbons (Fsp3) is 0.538. The van der Waals surface area contributed by atoms with Gasteiger partial charge in [-0.2, -0.15) is 5.26 Å². The first kappa shape index (κ1) is 13.8. The molecule has 0 radical (unpaired) electrons. The van der Waals surface area contributed by atoms with Crippen molar-refractivity contribution >= 4 is 22.3 Å². The van der Waals surface area contributed by atoms with Gasteiger partial charge in [0.25, 0.3) is 0 Å². The molecule has 1 saturated heterocycles. The maximum absolute atomic E-state index is 11.9. The highest BCUT2D eigenvalue weighted by molar-refractivity contribution is 7.18. The highest BCUT2D eigenvalue weighted by Crippen LogP contribution is 2.36. The number of carbonyl (C=O) groups excluding carboxylic acids is 1. The van der Waals surface area contributed by atoms with Gasteiger partial charge in [0.15, 0.2) is 0 Å². The Labute approximate surface area is 116 Å². The highest BCUT2D eigenvalue weighted by Gasteiger charge is 2.25. The third-order valence-electron chi connectivity index (χ3n) is 3.00. The third kappa shape index (κ3) is 2.72. The van der Waals surface area contributed by atoms with Gasteiger partial charge >= 0.3 is 5.97 Å². The summed E-state index contributed by atoms with van der Waals surface area (Å²) in [6.45, 7) is 6.70. The highest BCUT2D eigenvalue weighted by atomic mass is 32.1. The van der Waals surface area contributed by atoms with Gasteiger partial charge in [0, 0.05) is 13.1 Å². The number of rotatable bonds is 3. The van der Waals surface area contributed by atoms with Crippen molar-refractivity contribution in [3.63, 3.8) is 0 Å². The maximum Gasteiger partial charge on any atom is 0.348 e. The minimum Gasteiger partial charge on any atom is -0.462 e. The lowest BCUT2D eigenvalue weighted by molar-refractivity contribution is 0.0531. The average Bonchev–Trinajstić information content (AvgIpc) is 2.77. The largest absolute Gasteiger partial charge is 0.462 e. The van der Waals surface area contributed by atoms with Crippen LogP contribution in [0.5, 0.6) is 0 Å². The van der Waals surface area contributed by atoms with E-state index in [2.05, 4.69) is 11.0 Å². The zero-order valence-corrected chi connectivity index (χ0v) is 11.9. The molecule has 5 nitrogen and oxygen atoms in total. The summed E-state index contributed by atoms with van der Waals surface area (Å²) in [6.07, 6.45) is 0. The van der Waals surface area contributed by atoms with Crippen molar-refractivity contribution in [2.75, 3.05) is 37.8 Å². The maximum atomic E-state index is 11.9. The van der Waals surface area contributed by atoms with Crippen LogP contribution in [0.25, 0.3) is 0 Å². The molecule has 0 bridgehead atoms. The standard InChI is InChI=1S/C13H16N2O3S/c1-3-18-13(16)11-9(2)10(8-14)12(19-11)15-4-6-17-7-5-15/h3-7H2,1-2H3. The minimum atomic E-state index is -0.346. The van der Waals surface area contributed by atoms with Crippen molar-refractivity contribution in [3.05, 3.63) is 16.0 Å². The monoisotopic (exact) mass is 280 g/mol. The molecule has 1 fully saturated rings. The molecule has 0 saturated carbocycles. The molecule has 1 aromatic rings. The van der Waals surface area contributed by atoms with Crippen molar-refractivity contribution in [1.29, 1.82) is 5.26 Å². The summed E-state index contributed by atoms with van der Waals surface area (Å²) >= 11 is 1.34. The second-order valence-electron chi connectivity index (χ2n) is 4.17. The number of hydrogen-bond acceptors (Lipinski definition) is 6. The summed E-state index contributed by atoms with van der Waals surface area (Å²) in [7, 11) is 0. The van der Waals surface area contributed by atoms with Gasteiger partial charge in [-0.3, -0.25) is 0 Å². The van der Waals surface area contributed by atoms with Crippen LogP contribution in [-0.2, 0) is 9.47 Å². The van der Waals surface area contributed by atoms with E-state index in [4.69, 9.17) is 9.47 Å². The second-order valence-corrected chi connectivity index (χ2v) is 5.17. The number of hydrogen-bond donors (Lipinski definition) is 0. The molecule has 0 amide bonds. The Balaban J connectivity index is 2.35. The fourth-order valence-corrected chi connectivity index (χ4v) is 3.21. The number of nitriles is 1. The number of morpholine rings is 1. The summed E-state index contributed by atoms with van der Waals surface area (Å²) in [5.74, 6) is -0.346. The molecule has 1 aromatic heterocycles. The number of ether oxygens (including phenoxy) is 2. The topological polar surface area (TPSA) is 62.6 Å². The molecule has 6 heteroatoms. The average molecular weight is 280 g/mol. The molecule has 0 aromatic carbocycles. The predicted octanol–water partition coefficient (Wildman–Crippen LogP) is 1.94. The van der Waals surface area contributed by atoms with E-state index in [1.165, 1.54) is 11.3 Å². The number of anilines is 1. The smallest absolute Gasteiger partial charge is 0.348 e. The lowest BCUT2D eigenvalue weighted by Crippen LogP contribution is -2.36. The van der Waals surface area contributed by atoms with Crippen LogP contribution in [0, 0.1) is 18.3 Å². The Morgan fingerprint density at radius 1 is 1.53 bits per heavy atom. The molecule has 19 heavy (non-hydrogen) atoms. The molecule has 0 aliphatic carbocycles. The Hall–Kier alpha value is -1.58. The molecular weight excluding hydrogens is 264 g/mol. The van der Waals surface area contributed by atoms with Crippen LogP contribution >= 0.6 is 11.3 Å². The number of carbonyl (C=O) groups is 1. The summed E-state index contributed by atoms with van der Waals surface area (Å²) in [6, 6.07) is 2.20. The van der Waals surface area contributed by atoms with Gasteiger partial charge in [-0.05, 0) is 19.4 Å². The van der Waals surface area contributed by atoms with E-state index >= 15 is 0 Å². The van der Waals surface area contributed by atoms with E-state index in [9.17, 15) is 10.1 Å². The predicted molar refractivity (Wildman–Crippen MR) is 72.8 cm³/mol. The van der Waals surface area contributed by atoms with Crippen LogP contribution < -0.4 is 4.90 Å². The molecule has 0 unspecified atom stereocenters. The van der Waals surface area contributed by atoms with Crippen molar-refractivity contribution in [2.24, 2.45) is 0 Å². The van der Waals surface area contributed by atoms with Gasteiger partial charge in [-0.25, -0.2) is 4.79 Å². The molecule has 1 aliphatic rings. The Morgan fingerprint density at radius 3 is 2.79 bits per heavy atom. The molecule has 2 heterocycles. The van der Waals surface area contributed by atoms with Gasteiger partial charge in [0.1, 0.15) is 15.9 Å². The first-order valence-corrected chi connectivity index (χ1v) is 7.04. The summed E-state index contributed by atoms with van der Waals surface area (Å²) in [4.78, 5) is 14.5. The second kappa shape index (κ2) is 6.04. The number of thiophene rings is 1. The lowest BCUT2D eigenvalue weighted by Gasteiger charge is -2.27. The van der Waals surface area contributed by atoms with Gasteiger partial charge in [-0.15, -0.1) is 11.3 Å². The third-order valence-corrected chi connectivity index (χ3v) is 4.33. The van der Waals surface area contributed by atoms with Crippen molar-refractivity contribution in [1.82, 2.24) is 0 Å².